The number of hydrogen-bond acceptors (Lipinski definition) is 3. The molecule has 0 aliphatic heterocycles. The lowest BCUT2D eigenvalue weighted by Crippen LogP contribution is -2.00. The van der Waals surface area contributed by atoms with Crippen molar-refractivity contribution in [3.05, 3.63) is 72.6 Å². The van der Waals surface area contributed by atoms with E-state index in [1.807, 2.05) is 28.8 Å². The Balaban J connectivity index is 1.89. The van der Waals surface area contributed by atoms with Crippen molar-refractivity contribution in [1.29, 1.82) is 0 Å². The molecule has 0 atom stereocenters. The molecule has 2 aromatic carbocycles. The van der Waals surface area contributed by atoms with Crippen LogP contribution in [0, 0.1) is 0 Å². The van der Waals surface area contributed by atoms with Crippen LogP contribution in [0.1, 0.15) is 28.8 Å². The highest BCUT2D eigenvalue weighted by Crippen LogP contribution is 2.21. The predicted octanol–water partition coefficient (Wildman–Crippen LogP) is 3.80. The third-order valence-electron chi connectivity index (χ3n) is 4.01. The van der Waals surface area contributed by atoms with Crippen LogP contribution in [-0.4, -0.2) is 26.4 Å². The van der Waals surface area contributed by atoms with Crippen molar-refractivity contribution < 1.29 is 14.7 Å². The van der Waals surface area contributed by atoms with E-state index in [1.54, 1.807) is 30.6 Å². The van der Waals surface area contributed by atoms with Gasteiger partial charge in [-0.1, -0.05) is 18.2 Å². The minimum atomic E-state index is -0.852. The van der Waals surface area contributed by atoms with Crippen LogP contribution in [-0.2, 0) is 11.2 Å². The van der Waals surface area contributed by atoms with Gasteiger partial charge in [0.2, 0.25) is 0 Å². The SMILES string of the molecule is C=CCCC(=O)c1ccc2c(c1)ncn2-c1ccc(CC(=O)O)cc1. The second-order valence-corrected chi connectivity index (χ2v) is 5.81. The number of Topliss-reactive ketones (excluding diaryl/α,β-unsaturated/α-hetero) is 1. The van der Waals surface area contributed by atoms with Crippen molar-refractivity contribution in [2.45, 2.75) is 19.3 Å². The fourth-order valence-corrected chi connectivity index (χ4v) is 2.72. The number of aliphatic carboxylic acids is 1. The van der Waals surface area contributed by atoms with E-state index in [0.717, 1.165) is 22.3 Å². The number of ketones is 1. The fraction of sp³-hybridized carbons (Fsp3) is 0.150. The first-order valence-corrected chi connectivity index (χ1v) is 8.01. The number of rotatable bonds is 7. The molecule has 5 nitrogen and oxygen atoms in total. The van der Waals surface area contributed by atoms with E-state index in [4.69, 9.17) is 5.11 Å². The summed E-state index contributed by atoms with van der Waals surface area (Å²) in [6, 6.07) is 12.8. The molecule has 25 heavy (non-hydrogen) atoms. The Hall–Kier alpha value is -3.21. The Morgan fingerprint density at radius 3 is 2.60 bits per heavy atom. The summed E-state index contributed by atoms with van der Waals surface area (Å²) in [6.07, 6.45) is 4.55. The molecular formula is C20H18N2O3. The summed E-state index contributed by atoms with van der Waals surface area (Å²) in [6.45, 7) is 3.63. The van der Waals surface area contributed by atoms with Gasteiger partial charge in [-0.15, -0.1) is 6.58 Å². The lowest BCUT2D eigenvalue weighted by atomic mass is 10.1. The highest BCUT2D eigenvalue weighted by atomic mass is 16.4. The number of hydrogen-bond donors (Lipinski definition) is 1. The lowest BCUT2D eigenvalue weighted by Gasteiger charge is -2.06. The molecular weight excluding hydrogens is 316 g/mol. The van der Waals surface area contributed by atoms with Gasteiger partial charge in [-0.3, -0.25) is 14.2 Å². The summed E-state index contributed by atoms with van der Waals surface area (Å²) in [5, 5.41) is 8.84. The van der Waals surface area contributed by atoms with Crippen LogP contribution in [0.4, 0.5) is 0 Å². The molecule has 0 unspecified atom stereocenters. The molecule has 0 amide bonds. The highest BCUT2D eigenvalue weighted by Gasteiger charge is 2.10. The molecule has 0 fully saturated rings. The molecule has 1 heterocycles. The maximum atomic E-state index is 12.1. The highest BCUT2D eigenvalue weighted by molar-refractivity contribution is 5.99. The van der Waals surface area contributed by atoms with Gasteiger partial charge in [0.1, 0.15) is 6.33 Å². The minimum Gasteiger partial charge on any atom is -0.481 e. The number of imidazole rings is 1. The average Bonchev–Trinajstić information content (AvgIpc) is 3.03. The quantitative estimate of drug-likeness (QED) is 0.527. The van der Waals surface area contributed by atoms with Crippen molar-refractivity contribution in [2.24, 2.45) is 0 Å². The van der Waals surface area contributed by atoms with Gasteiger partial charge >= 0.3 is 5.97 Å². The predicted molar refractivity (Wildman–Crippen MR) is 96.2 cm³/mol. The van der Waals surface area contributed by atoms with Gasteiger partial charge in [0.05, 0.1) is 17.5 Å². The molecule has 0 radical (unpaired) electrons. The van der Waals surface area contributed by atoms with Crippen molar-refractivity contribution >= 4 is 22.8 Å². The summed E-state index contributed by atoms with van der Waals surface area (Å²) in [7, 11) is 0. The number of allylic oxidation sites excluding steroid dienone is 1. The van der Waals surface area contributed by atoms with E-state index < -0.39 is 5.97 Å². The summed E-state index contributed by atoms with van der Waals surface area (Å²) in [5.74, 6) is -0.774. The maximum absolute atomic E-state index is 12.1. The minimum absolute atomic E-state index is 0.00113. The van der Waals surface area contributed by atoms with E-state index >= 15 is 0 Å². The van der Waals surface area contributed by atoms with Gasteiger partial charge < -0.3 is 5.11 Å². The number of carboxylic acid groups (broad SMARTS) is 1. The number of carbonyl (C=O) groups excluding carboxylic acids is 1. The first-order chi connectivity index (χ1) is 12.1. The van der Waals surface area contributed by atoms with Crippen LogP contribution in [0.15, 0.2) is 61.4 Å². The number of carboxylic acids is 1. The first kappa shape index (κ1) is 16.6. The molecule has 3 aromatic rings. The molecule has 0 spiro atoms. The number of carbonyl (C=O) groups is 2. The largest absolute Gasteiger partial charge is 0.481 e. The third-order valence-corrected chi connectivity index (χ3v) is 4.01. The second kappa shape index (κ2) is 7.13. The summed E-state index contributed by atoms with van der Waals surface area (Å²) < 4.78 is 1.91. The van der Waals surface area contributed by atoms with Crippen molar-refractivity contribution in [2.75, 3.05) is 0 Å². The van der Waals surface area contributed by atoms with E-state index in [-0.39, 0.29) is 12.2 Å². The average molecular weight is 334 g/mol. The Kier molecular flexibility index (Phi) is 4.75. The van der Waals surface area contributed by atoms with Crippen LogP contribution in [0.25, 0.3) is 16.7 Å². The summed E-state index contributed by atoms with van der Waals surface area (Å²) >= 11 is 0. The van der Waals surface area contributed by atoms with Crippen LogP contribution in [0.2, 0.25) is 0 Å². The zero-order valence-corrected chi connectivity index (χ0v) is 13.7. The molecule has 1 aromatic heterocycles. The van der Waals surface area contributed by atoms with Gasteiger partial charge in [-0.25, -0.2) is 4.98 Å². The van der Waals surface area contributed by atoms with Crippen molar-refractivity contribution in [1.82, 2.24) is 9.55 Å². The zero-order chi connectivity index (χ0) is 17.8. The Bertz CT molecular complexity index is 939. The van der Waals surface area contributed by atoms with Gasteiger partial charge in [-0.2, -0.15) is 0 Å². The number of fused-ring (bicyclic) bond motifs is 1. The molecule has 0 saturated carbocycles. The van der Waals surface area contributed by atoms with Crippen LogP contribution < -0.4 is 0 Å². The van der Waals surface area contributed by atoms with Gasteiger partial charge in [-0.05, 0) is 42.3 Å². The number of nitrogens with zero attached hydrogens (tertiary/aromatic N) is 2. The van der Waals surface area contributed by atoms with E-state index in [1.165, 1.54) is 0 Å². The maximum Gasteiger partial charge on any atom is 0.307 e. The fourth-order valence-electron chi connectivity index (χ4n) is 2.72. The molecule has 1 N–H and O–H groups in total. The molecule has 0 bridgehead atoms. The van der Waals surface area contributed by atoms with Crippen LogP contribution in [0.3, 0.4) is 0 Å². The number of aromatic nitrogens is 2. The summed E-state index contributed by atoms with van der Waals surface area (Å²) in [4.78, 5) is 27.3. The van der Waals surface area contributed by atoms with Crippen molar-refractivity contribution in [3.8, 4) is 5.69 Å². The Morgan fingerprint density at radius 2 is 1.92 bits per heavy atom. The van der Waals surface area contributed by atoms with Crippen LogP contribution >= 0.6 is 0 Å². The molecule has 0 aliphatic rings. The normalized spacial score (nSPS) is 10.7. The van der Waals surface area contributed by atoms with Crippen LogP contribution in [0.5, 0.6) is 0 Å². The molecule has 0 saturated heterocycles. The van der Waals surface area contributed by atoms with E-state index in [0.29, 0.717) is 18.4 Å². The topological polar surface area (TPSA) is 72.2 Å². The van der Waals surface area contributed by atoms with Gasteiger partial charge in [0, 0.05) is 17.7 Å². The molecule has 3 rings (SSSR count). The monoisotopic (exact) mass is 334 g/mol. The summed E-state index contributed by atoms with van der Waals surface area (Å²) in [5.41, 5.74) is 3.93. The second-order valence-electron chi connectivity index (χ2n) is 5.81. The molecule has 5 heteroatoms. The van der Waals surface area contributed by atoms with E-state index in [9.17, 15) is 9.59 Å². The zero-order valence-electron chi connectivity index (χ0n) is 13.7. The van der Waals surface area contributed by atoms with E-state index in [2.05, 4.69) is 11.6 Å². The van der Waals surface area contributed by atoms with Gasteiger partial charge in [0.15, 0.2) is 5.78 Å². The lowest BCUT2D eigenvalue weighted by molar-refractivity contribution is -0.136. The number of benzene rings is 2. The standard InChI is InChI=1S/C20H18N2O3/c1-2-3-4-19(23)15-7-10-18-17(12-15)21-13-22(18)16-8-5-14(6-9-16)11-20(24)25/h2,5-10,12-13H,1,3-4,11H2,(H,24,25). The third kappa shape index (κ3) is 3.66. The van der Waals surface area contributed by atoms with Gasteiger partial charge in [0.25, 0.3) is 0 Å². The Labute approximate surface area is 145 Å². The smallest absolute Gasteiger partial charge is 0.307 e. The first-order valence-electron chi connectivity index (χ1n) is 8.01. The van der Waals surface area contributed by atoms with Crippen molar-refractivity contribution in [3.63, 3.8) is 0 Å². The molecule has 126 valence electrons. The molecule has 0 aliphatic carbocycles. The Morgan fingerprint density at radius 1 is 1.16 bits per heavy atom.